The summed E-state index contributed by atoms with van der Waals surface area (Å²) in [6.07, 6.45) is 5.20. The van der Waals surface area contributed by atoms with Crippen LogP contribution in [0.1, 0.15) is 11.1 Å². The molecule has 1 aromatic rings. The molecule has 0 amide bonds. The SMILES string of the molecule is COc1cc2c(cc1OC)C(COS(C)(=O)=O)=NC=CC2. The number of hydrogen-bond donors (Lipinski definition) is 0. The molecule has 0 saturated carbocycles. The van der Waals surface area contributed by atoms with E-state index >= 15 is 0 Å². The normalized spacial score (nSPS) is 14.1. The predicted molar refractivity (Wildman–Crippen MR) is 79.7 cm³/mol. The van der Waals surface area contributed by atoms with Crippen molar-refractivity contribution in [3.63, 3.8) is 0 Å². The minimum Gasteiger partial charge on any atom is -0.493 e. The monoisotopic (exact) mass is 311 g/mol. The van der Waals surface area contributed by atoms with Crippen molar-refractivity contribution in [2.45, 2.75) is 6.42 Å². The van der Waals surface area contributed by atoms with Crippen LogP contribution in [0.4, 0.5) is 0 Å². The Balaban J connectivity index is 2.43. The summed E-state index contributed by atoms with van der Waals surface area (Å²) < 4.78 is 37.7. The molecule has 0 aromatic heterocycles. The Hall–Kier alpha value is -1.86. The highest BCUT2D eigenvalue weighted by Crippen LogP contribution is 2.32. The van der Waals surface area contributed by atoms with E-state index in [-0.39, 0.29) is 6.61 Å². The Bertz CT molecular complexity index is 692. The third-order valence-electron chi connectivity index (χ3n) is 3.00. The zero-order valence-corrected chi connectivity index (χ0v) is 12.9. The van der Waals surface area contributed by atoms with E-state index in [2.05, 4.69) is 4.99 Å². The third kappa shape index (κ3) is 3.83. The van der Waals surface area contributed by atoms with E-state index in [4.69, 9.17) is 13.7 Å². The number of hydrogen-bond acceptors (Lipinski definition) is 6. The highest BCUT2D eigenvalue weighted by Gasteiger charge is 2.17. The number of ether oxygens (including phenoxy) is 2. The maximum atomic E-state index is 11.2. The molecule has 6 nitrogen and oxygen atoms in total. The van der Waals surface area contributed by atoms with Crippen LogP contribution in [-0.4, -0.2) is 41.2 Å². The first-order valence-electron chi connectivity index (χ1n) is 6.26. The molecule has 1 aliphatic rings. The van der Waals surface area contributed by atoms with Gasteiger partial charge in [-0.2, -0.15) is 8.42 Å². The summed E-state index contributed by atoms with van der Waals surface area (Å²) in [5.74, 6) is 1.18. The van der Waals surface area contributed by atoms with E-state index in [1.807, 2.05) is 12.1 Å². The van der Waals surface area contributed by atoms with Gasteiger partial charge in [0.2, 0.25) is 0 Å². The van der Waals surface area contributed by atoms with Gasteiger partial charge in [-0.05, 0) is 24.1 Å². The van der Waals surface area contributed by atoms with Crippen molar-refractivity contribution in [1.29, 1.82) is 0 Å². The van der Waals surface area contributed by atoms with E-state index in [0.29, 0.717) is 23.6 Å². The number of benzene rings is 1. The lowest BCUT2D eigenvalue weighted by molar-refractivity contribution is 0.354. The molecule has 0 spiro atoms. The van der Waals surface area contributed by atoms with Crippen LogP contribution in [0.25, 0.3) is 0 Å². The fraction of sp³-hybridized carbons (Fsp3) is 0.357. The van der Waals surface area contributed by atoms with Crippen LogP contribution in [0.15, 0.2) is 29.4 Å². The molecule has 1 aromatic carbocycles. The minimum absolute atomic E-state index is 0.119. The lowest BCUT2D eigenvalue weighted by Gasteiger charge is -2.14. The summed E-state index contributed by atoms with van der Waals surface area (Å²) in [5, 5.41) is 0. The summed E-state index contributed by atoms with van der Waals surface area (Å²) in [4.78, 5) is 4.25. The van der Waals surface area contributed by atoms with E-state index in [0.717, 1.165) is 17.4 Å². The van der Waals surface area contributed by atoms with Crippen LogP contribution in [0.3, 0.4) is 0 Å². The molecule has 0 unspecified atom stereocenters. The number of allylic oxidation sites excluding steroid dienone is 1. The van der Waals surface area contributed by atoms with Crippen molar-refractivity contribution in [2.24, 2.45) is 4.99 Å². The molecule has 0 atom stereocenters. The van der Waals surface area contributed by atoms with Crippen LogP contribution in [-0.2, 0) is 20.7 Å². The largest absolute Gasteiger partial charge is 0.493 e. The second-order valence-electron chi connectivity index (χ2n) is 4.50. The molecular formula is C14H17NO5S. The Kier molecular flexibility index (Phi) is 4.64. The zero-order valence-electron chi connectivity index (χ0n) is 12.1. The van der Waals surface area contributed by atoms with Gasteiger partial charge < -0.3 is 9.47 Å². The molecule has 7 heteroatoms. The summed E-state index contributed by atoms with van der Waals surface area (Å²) >= 11 is 0. The fourth-order valence-corrected chi connectivity index (χ4v) is 2.35. The quantitative estimate of drug-likeness (QED) is 0.771. The third-order valence-corrected chi connectivity index (χ3v) is 3.55. The van der Waals surface area contributed by atoms with Gasteiger partial charge in [-0.15, -0.1) is 0 Å². The van der Waals surface area contributed by atoms with E-state index in [1.165, 1.54) is 0 Å². The second kappa shape index (κ2) is 6.28. The van der Waals surface area contributed by atoms with Gasteiger partial charge in [0, 0.05) is 11.8 Å². The van der Waals surface area contributed by atoms with Gasteiger partial charge in [-0.25, -0.2) is 0 Å². The molecule has 114 valence electrons. The number of methoxy groups -OCH3 is 2. The summed E-state index contributed by atoms with van der Waals surface area (Å²) in [5.41, 5.74) is 2.30. The van der Waals surface area contributed by atoms with Gasteiger partial charge in [0.15, 0.2) is 11.5 Å². The molecule has 21 heavy (non-hydrogen) atoms. The Morgan fingerprint density at radius 3 is 2.48 bits per heavy atom. The van der Waals surface area contributed by atoms with Crippen molar-refractivity contribution in [3.05, 3.63) is 35.5 Å². The maximum Gasteiger partial charge on any atom is 0.264 e. The molecule has 0 N–H and O–H groups in total. The van der Waals surface area contributed by atoms with Gasteiger partial charge in [-0.3, -0.25) is 9.18 Å². The average molecular weight is 311 g/mol. The highest BCUT2D eigenvalue weighted by atomic mass is 32.2. The van der Waals surface area contributed by atoms with E-state index in [9.17, 15) is 8.42 Å². The first-order valence-corrected chi connectivity index (χ1v) is 8.07. The molecule has 0 fully saturated rings. The van der Waals surface area contributed by atoms with Crippen molar-refractivity contribution in [1.82, 2.24) is 0 Å². The lowest BCUT2D eigenvalue weighted by Crippen LogP contribution is -2.15. The Morgan fingerprint density at radius 1 is 1.19 bits per heavy atom. The second-order valence-corrected chi connectivity index (χ2v) is 6.14. The smallest absolute Gasteiger partial charge is 0.264 e. The molecular weight excluding hydrogens is 294 g/mol. The fourth-order valence-electron chi connectivity index (χ4n) is 2.03. The van der Waals surface area contributed by atoms with Gasteiger partial charge in [0.1, 0.15) is 6.61 Å². The standard InChI is InChI=1S/C14H17NO5S/c1-18-13-7-10-5-4-6-15-12(9-20-21(3,16)17)11(10)8-14(13)19-2/h4,6-8H,5,9H2,1-3H3. The molecule has 2 rings (SSSR count). The van der Waals surface area contributed by atoms with Crippen LogP contribution < -0.4 is 9.47 Å². The van der Waals surface area contributed by atoms with Crippen LogP contribution in [0, 0.1) is 0 Å². The highest BCUT2D eigenvalue weighted by molar-refractivity contribution is 7.86. The summed E-state index contributed by atoms with van der Waals surface area (Å²) in [6, 6.07) is 3.64. The molecule has 1 aliphatic heterocycles. The average Bonchev–Trinajstić information content (AvgIpc) is 2.64. The molecule has 0 saturated heterocycles. The van der Waals surface area contributed by atoms with E-state index in [1.54, 1.807) is 26.5 Å². The van der Waals surface area contributed by atoms with Gasteiger partial charge >= 0.3 is 0 Å². The zero-order chi connectivity index (χ0) is 15.5. The summed E-state index contributed by atoms with van der Waals surface area (Å²) in [6.45, 7) is -0.119. The Labute approximate surface area is 124 Å². The Morgan fingerprint density at radius 2 is 1.86 bits per heavy atom. The molecule has 1 heterocycles. The summed E-state index contributed by atoms with van der Waals surface area (Å²) in [7, 11) is -0.415. The minimum atomic E-state index is -3.53. The van der Waals surface area contributed by atoms with Crippen LogP contribution in [0.5, 0.6) is 11.5 Å². The van der Waals surface area contributed by atoms with Crippen molar-refractivity contribution in [3.8, 4) is 11.5 Å². The molecule has 0 radical (unpaired) electrons. The van der Waals surface area contributed by atoms with Gasteiger partial charge in [0.05, 0.1) is 26.2 Å². The number of aliphatic imine (C=N–C) groups is 1. The van der Waals surface area contributed by atoms with Crippen LogP contribution >= 0.6 is 0 Å². The molecule has 0 bridgehead atoms. The topological polar surface area (TPSA) is 74.2 Å². The van der Waals surface area contributed by atoms with Crippen LogP contribution in [0.2, 0.25) is 0 Å². The number of rotatable bonds is 5. The first kappa shape index (κ1) is 15.5. The van der Waals surface area contributed by atoms with Crippen molar-refractivity contribution in [2.75, 3.05) is 27.1 Å². The van der Waals surface area contributed by atoms with Crippen molar-refractivity contribution < 1.29 is 22.1 Å². The van der Waals surface area contributed by atoms with Gasteiger partial charge in [-0.1, -0.05) is 6.08 Å². The van der Waals surface area contributed by atoms with E-state index < -0.39 is 10.1 Å². The lowest BCUT2D eigenvalue weighted by atomic mass is 10.00. The number of fused-ring (bicyclic) bond motifs is 1. The number of nitrogens with zero attached hydrogens (tertiary/aromatic N) is 1. The first-order chi connectivity index (χ1) is 9.94. The van der Waals surface area contributed by atoms with Gasteiger partial charge in [0.25, 0.3) is 10.1 Å². The maximum absolute atomic E-state index is 11.2. The predicted octanol–water partition coefficient (Wildman–Crippen LogP) is 1.54. The molecule has 0 aliphatic carbocycles. The van der Waals surface area contributed by atoms with Crippen molar-refractivity contribution >= 4 is 15.8 Å².